The molecule has 0 aliphatic rings. The SMILES string of the molecule is CC(C)(C)OC(=O)CC(C#N)(c1ccc(F)cc1)C(O)CC(CN)c1ccc(F)cc1. The van der Waals surface area contributed by atoms with Crippen LogP contribution < -0.4 is 5.73 Å². The predicted octanol–water partition coefficient (Wildman–Crippen LogP) is 3.95. The molecule has 0 saturated heterocycles. The third-order valence-corrected chi connectivity index (χ3v) is 5.10. The number of hydrogen-bond acceptors (Lipinski definition) is 5. The summed E-state index contributed by atoms with van der Waals surface area (Å²) in [5.74, 6) is -1.96. The molecule has 0 amide bonds. The lowest BCUT2D eigenvalue weighted by molar-refractivity contribution is -0.157. The highest BCUT2D eigenvalue weighted by atomic mass is 19.1. The molecule has 2 aromatic rings. The zero-order valence-electron chi connectivity index (χ0n) is 17.9. The number of nitriles is 1. The summed E-state index contributed by atoms with van der Waals surface area (Å²) in [6, 6.07) is 12.9. The van der Waals surface area contributed by atoms with Gasteiger partial charge in [0.2, 0.25) is 0 Å². The van der Waals surface area contributed by atoms with Crippen LogP contribution in [0, 0.1) is 23.0 Å². The second kappa shape index (κ2) is 9.99. The largest absolute Gasteiger partial charge is 0.460 e. The number of hydrogen-bond donors (Lipinski definition) is 2. The molecule has 0 aromatic heterocycles. The molecule has 31 heavy (non-hydrogen) atoms. The topological polar surface area (TPSA) is 96.3 Å². The summed E-state index contributed by atoms with van der Waals surface area (Å²) >= 11 is 0. The Bertz CT molecular complexity index is 918. The number of halogens is 2. The fraction of sp³-hybridized carbons (Fsp3) is 0.417. The first-order valence-corrected chi connectivity index (χ1v) is 10.0. The number of benzene rings is 2. The number of nitrogens with zero attached hydrogens (tertiary/aromatic N) is 1. The Kier molecular flexibility index (Phi) is 7.88. The van der Waals surface area contributed by atoms with Gasteiger partial charge in [0.15, 0.2) is 0 Å². The summed E-state index contributed by atoms with van der Waals surface area (Å²) < 4.78 is 32.2. The molecule has 0 spiro atoms. The lowest BCUT2D eigenvalue weighted by atomic mass is 9.71. The maximum Gasteiger partial charge on any atom is 0.308 e. The molecule has 0 fully saturated rings. The lowest BCUT2D eigenvalue weighted by Gasteiger charge is -2.34. The molecule has 166 valence electrons. The highest BCUT2D eigenvalue weighted by molar-refractivity contribution is 5.73. The molecule has 0 aliphatic heterocycles. The van der Waals surface area contributed by atoms with Crippen molar-refractivity contribution in [3.8, 4) is 6.07 Å². The number of nitrogens with two attached hydrogens (primary N) is 1. The minimum atomic E-state index is -1.68. The van der Waals surface area contributed by atoms with E-state index in [1.165, 1.54) is 36.4 Å². The first-order valence-electron chi connectivity index (χ1n) is 10.0. The average Bonchev–Trinajstić information content (AvgIpc) is 2.70. The molecule has 5 nitrogen and oxygen atoms in total. The van der Waals surface area contributed by atoms with Gasteiger partial charge >= 0.3 is 5.97 Å². The molecule has 7 heteroatoms. The zero-order valence-corrected chi connectivity index (χ0v) is 17.9. The van der Waals surface area contributed by atoms with Crippen molar-refractivity contribution in [2.75, 3.05) is 6.54 Å². The molecule has 0 bridgehead atoms. The number of aliphatic hydroxyl groups excluding tert-OH is 1. The predicted molar refractivity (Wildman–Crippen MR) is 113 cm³/mol. The minimum Gasteiger partial charge on any atom is -0.460 e. The van der Waals surface area contributed by atoms with E-state index in [4.69, 9.17) is 10.5 Å². The molecule has 2 rings (SSSR count). The Morgan fingerprint density at radius 3 is 2.06 bits per heavy atom. The van der Waals surface area contributed by atoms with Crippen LogP contribution in [0.2, 0.25) is 0 Å². The number of carbonyl (C=O) groups excluding carboxylic acids is 1. The fourth-order valence-corrected chi connectivity index (χ4v) is 3.52. The van der Waals surface area contributed by atoms with E-state index in [-0.39, 0.29) is 18.9 Å². The van der Waals surface area contributed by atoms with Crippen LogP contribution in [0.5, 0.6) is 0 Å². The Labute approximate surface area is 181 Å². The van der Waals surface area contributed by atoms with Crippen LogP contribution in [0.25, 0.3) is 0 Å². The van der Waals surface area contributed by atoms with Crippen molar-refractivity contribution >= 4 is 5.97 Å². The molecular formula is C24H28F2N2O3. The van der Waals surface area contributed by atoms with Crippen LogP contribution in [0.4, 0.5) is 8.78 Å². The van der Waals surface area contributed by atoms with Crippen LogP contribution >= 0.6 is 0 Å². The molecular weight excluding hydrogens is 402 g/mol. The van der Waals surface area contributed by atoms with E-state index in [2.05, 4.69) is 6.07 Å². The van der Waals surface area contributed by atoms with Crippen molar-refractivity contribution in [2.24, 2.45) is 5.73 Å². The normalized spacial score (nSPS) is 15.4. The molecule has 0 heterocycles. The zero-order chi connectivity index (χ0) is 23.2. The third-order valence-electron chi connectivity index (χ3n) is 5.10. The van der Waals surface area contributed by atoms with Crippen molar-refractivity contribution in [1.82, 2.24) is 0 Å². The Hall–Kier alpha value is -2.82. The quantitative estimate of drug-likeness (QED) is 0.618. The van der Waals surface area contributed by atoms with Gasteiger partial charge in [0, 0.05) is 0 Å². The van der Waals surface area contributed by atoms with E-state index in [9.17, 15) is 23.9 Å². The van der Waals surface area contributed by atoms with Gasteiger partial charge < -0.3 is 15.6 Å². The number of aliphatic hydroxyl groups is 1. The van der Waals surface area contributed by atoms with Crippen LogP contribution in [0.3, 0.4) is 0 Å². The summed E-state index contributed by atoms with van der Waals surface area (Å²) in [4.78, 5) is 12.6. The number of esters is 1. The van der Waals surface area contributed by atoms with Crippen LogP contribution in [0.1, 0.15) is 50.7 Å². The third kappa shape index (κ3) is 6.33. The molecule has 0 radical (unpaired) electrons. The number of rotatable bonds is 8. The van der Waals surface area contributed by atoms with Crippen LogP contribution in [0.15, 0.2) is 48.5 Å². The smallest absolute Gasteiger partial charge is 0.308 e. The molecule has 3 N–H and O–H groups in total. The lowest BCUT2D eigenvalue weighted by Crippen LogP contribution is -2.43. The monoisotopic (exact) mass is 430 g/mol. The van der Waals surface area contributed by atoms with Crippen molar-refractivity contribution in [3.63, 3.8) is 0 Å². The average molecular weight is 430 g/mol. The van der Waals surface area contributed by atoms with Gasteiger partial charge in [0.25, 0.3) is 0 Å². The van der Waals surface area contributed by atoms with Gasteiger partial charge in [-0.15, -0.1) is 0 Å². The van der Waals surface area contributed by atoms with Gasteiger partial charge in [-0.05, 0) is 75.0 Å². The molecule has 3 atom stereocenters. The summed E-state index contributed by atoms with van der Waals surface area (Å²) in [6.07, 6.45) is -1.71. The van der Waals surface area contributed by atoms with E-state index in [1.807, 2.05) is 0 Å². The van der Waals surface area contributed by atoms with Crippen molar-refractivity contribution in [1.29, 1.82) is 5.26 Å². The maximum absolute atomic E-state index is 13.5. The summed E-state index contributed by atoms with van der Waals surface area (Å²) in [7, 11) is 0. The minimum absolute atomic E-state index is 0.0376. The highest BCUT2D eigenvalue weighted by Gasteiger charge is 2.44. The fourth-order valence-electron chi connectivity index (χ4n) is 3.52. The second-order valence-electron chi connectivity index (χ2n) is 8.59. The second-order valence-corrected chi connectivity index (χ2v) is 8.59. The molecule has 0 aliphatic carbocycles. The van der Waals surface area contributed by atoms with E-state index >= 15 is 0 Å². The first kappa shape index (κ1) is 24.4. The summed E-state index contributed by atoms with van der Waals surface area (Å²) in [5, 5.41) is 21.3. The van der Waals surface area contributed by atoms with Gasteiger partial charge in [-0.25, -0.2) is 8.78 Å². The van der Waals surface area contributed by atoms with E-state index in [1.54, 1.807) is 32.9 Å². The maximum atomic E-state index is 13.5. The van der Waals surface area contributed by atoms with Gasteiger partial charge in [0.1, 0.15) is 22.7 Å². The van der Waals surface area contributed by atoms with E-state index in [0.29, 0.717) is 11.1 Å². The van der Waals surface area contributed by atoms with Gasteiger partial charge in [-0.3, -0.25) is 4.79 Å². The number of ether oxygens (including phenoxy) is 1. The number of carbonyl (C=O) groups is 1. The molecule has 3 unspecified atom stereocenters. The van der Waals surface area contributed by atoms with E-state index in [0.717, 1.165) is 0 Å². The Balaban J connectivity index is 2.42. The van der Waals surface area contributed by atoms with Gasteiger partial charge in [-0.2, -0.15) is 5.26 Å². The Morgan fingerprint density at radius 1 is 1.10 bits per heavy atom. The van der Waals surface area contributed by atoms with Crippen molar-refractivity contribution < 1.29 is 23.4 Å². The van der Waals surface area contributed by atoms with Crippen LogP contribution in [-0.4, -0.2) is 29.3 Å². The Morgan fingerprint density at radius 2 is 1.61 bits per heavy atom. The van der Waals surface area contributed by atoms with Crippen molar-refractivity contribution in [2.45, 2.75) is 56.7 Å². The van der Waals surface area contributed by atoms with E-state index < -0.39 is 41.1 Å². The first-order chi connectivity index (χ1) is 14.5. The molecule has 0 saturated carbocycles. The van der Waals surface area contributed by atoms with Gasteiger partial charge in [-0.1, -0.05) is 24.3 Å². The summed E-state index contributed by atoms with van der Waals surface area (Å²) in [5.41, 5.74) is 4.43. The van der Waals surface area contributed by atoms with Crippen molar-refractivity contribution in [3.05, 3.63) is 71.3 Å². The summed E-state index contributed by atoms with van der Waals surface area (Å²) in [6.45, 7) is 5.24. The highest BCUT2D eigenvalue weighted by Crippen LogP contribution is 2.37. The van der Waals surface area contributed by atoms with Gasteiger partial charge in [0.05, 0.1) is 18.6 Å². The van der Waals surface area contributed by atoms with Crippen LogP contribution in [-0.2, 0) is 14.9 Å². The molecule has 2 aromatic carbocycles. The standard InChI is InChI=1S/C24H28F2N2O3/c1-23(2,3)31-22(30)13-24(15-28,18-6-10-20(26)11-7-18)21(29)12-17(14-27)16-4-8-19(25)9-5-16/h4-11,17,21,29H,12-14,27H2,1-3H3.